The van der Waals surface area contributed by atoms with Crippen molar-refractivity contribution < 1.29 is 36.7 Å². The van der Waals surface area contributed by atoms with Gasteiger partial charge >= 0.3 is 19.4 Å². The summed E-state index contributed by atoms with van der Waals surface area (Å²) in [4.78, 5) is 13.8. The number of nitrogens with zero attached hydrogens (tertiary/aromatic N) is 1. The molecule has 0 spiro atoms. The predicted molar refractivity (Wildman–Crippen MR) is 123 cm³/mol. The van der Waals surface area contributed by atoms with Gasteiger partial charge in [0.15, 0.2) is 0 Å². The summed E-state index contributed by atoms with van der Waals surface area (Å²) in [5.41, 5.74) is -2.44. The first-order valence-corrected chi connectivity index (χ1v) is 11.7. The molecule has 2 heterocycles. The van der Waals surface area contributed by atoms with Crippen molar-refractivity contribution in [2.75, 3.05) is 19.7 Å². The normalized spacial score (nSPS) is 21.0. The molecular formula is C24H35BF3NO5. The number of amides is 1. The Kier molecular flexibility index (Phi) is 7.26. The molecule has 1 amide bonds. The maximum Gasteiger partial charge on any atom is 0.494 e. The first-order valence-electron chi connectivity index (χ1n) is 11.7. The van der Waals surface area contributed by atoms with Crippen LogP contribution in [0.15, 0.2) is 18.2 Å². The molecule has 2 fully saturated rings. The molecule has 0 aliphatic carbocycles. The fraction of sp³-hybridized carbons (Fsp3) is 0.708. The number of hydrogen-bond donors (Lipinski definition) is 0. The second kappa shape index (κ2) is 9.26. The van der Waals surface area contributed by atoms with E-state index in [4.69, 9.17) is 18.8 Å². The summed E-state index contributed by atoms with van der Waals surface area (Å²) in [6.45, 7) is 13.9. The second-order valence-electron chi connectivity index (χ2n) is 11.1. The standard InChI is InChI=1S/C24H35BF3NO5/c1-21(2,3)32-20(30)29-12-10-16(11-13-29)15-31-19-9-8-17(14-18(19)24(26,27)28)25-33-22(4,5)23(6,7)34-25/h8-9,14,16H,10-13,15H2,1-7H3. The van der Waals surface area contributed by atoms with Crippen molar-refractivity contribution in [3.05, 3.63) is 23.8 Å². The number of hydrogen-bond acceptors (Lipinski definition) is 5. The van der Waals surface area contributed by atoms with Gasteiger partial charge in [0.1, 0.15) is 11.4 Å². The Morgan fingerprint density at radius 2 is 1.65 bits per heavy atom. The highest BCUT2D eigenvalue weighted by molar-refractivity contribution is 6.62. The zero-order valence-corrected chi connectivity index (χ0v) is 21.0. The highest BCUT2D eigenvalue weighted by Gasteiger charge is 2.52. The smallest absolute Gasteiger partial charge is 0.493 e. The zero-order chi connectivity index (χ0) is 25.5. The van der Waals surface area contributed by atoms with Crippen LogP contribution in [-0.4, -0.2) is 54.6 Å². The zero-order valence-electron chi connectivity index (χ0n) is 21.0. The first kappa shape index (κ1) is 26.7. The summed E-state index contributed by atoms with van der Waals surface area (Å²) >= 11 is 0. The van der Waals surface area contributed by atoms with Gasteiger partial charge < -0.3 is 23.7 Å². The van der Waals surface area contributed by atoms with Crippen LogP contribution in [-0.2, 0) is 20.2 Å². The first-order chi connectivity index (χ1) is 15.5. The van der Waals surface area contributed by atoms with Crippen LogP contribution in [0.4, 0.5) is 18.0 Å². The molecule has 0 radical (unpaired) electrons. The van der Waals surface area contributed by atoms with E-state index in [1.54, 1.807) is 11.0 Å². The van der Waals surface area contributed by atoms with E-state index in [9.17, 15) is 18.0 Å². The van der Waals surface area contributed by atoms with Gasteiger partial charge in [0.05, 0.1) is 23.4 Å². The lowest BCUT2D eigenvalue weighted by molar-refractivity contribution is -0.139. The molecule has 0 bridgehead atoms. The maximum atomic E-state index is 13.8. The van der Waals surface area contributed by atoms with Crippen LogP contribution in [0, 0.1) is 5.92 Å². The number of halogens is 3. The molecule has 1 aromatic rings. The summed E-state index contributed by atoms with van der Waals surface area (Å²) < 4.78 is 64.3. The average Bonchev–Trinajstić information content (AvgIpc) is 2.92. The van der Waals surface area contributed by atoms with E-state index < -0.39 is 35.7 Å². The van der Waals surface area contributed by atoms with Crippen LogP contribution in [0.1, 0.15) is 66.9 Å². The van der Waals surface area contributed by atoms with Gasteiger partial charge in [-0.1, -0.05) is 6.07 Å². The summed E-state index contributed by atoms with van der Waals surface area (Å²) in [6.07, 6.45) is -3.70. The van der Waals surface area contributed by atoms with Gasteiger partial charge in [-0.15, -0.1) is 0 Å². The fourth-order valence-electron chi connectivity index (χ4n) is 3.84. The molecule has 190 valence electrons. The summed E-state index contributed by atoms with van der Waals surface area (Å²) in [7, 11) is -0.891. The van der Waals surface area contributed by atoms with Crippen molar-refractivity contribution in [2.45, 2.75) is 84.3 Å². The Labute approximate surface area is 200 Å². The third-order valence-corrected chi connectivity index (χ3v) is 6.58. The summed E-state index contributed by atoms with van der Waals surface area (Å²) in [5, 5.41) is 0. The number of piperidine rings is 1. The monoisotopic (exact) mass is 485 g/mol. The number of likely N-dealkylation sites (tertiary alicyclic amines) is 1. The molecule has 2 saturated heterocycles. The van der Waals surface area contributed by atoms with Gasteiger partial charge in [-0.3, -0.25) is 0 Å². The Bertz CT molecular complexity index is 874. The van der Waals surface area contributed by atoms with Gasteiger partial charge in [-0.25, -0.2) is 4.79 Å². The molecule has 34 heavy (non-hydrogen) atoms. The molecule has 2 aliphatic rings. The van der Waals surface area contributed by atoms with Crippen molar-refractivity contribution in [2.24, 2.45) is 5.92 Å². The number of carbonyl (C=O) groups excluding carboxylic acids is 1. The highest BCUT2D eigenvalue weighted by atomic mass is 19.4. The summed E-state index contributed by atoms with van der Waals surface area (Å²) in [6, 6.07) is 3.93. The van der Waals surface area contributed by atoms with E-state index in [-0.39, 0.29) is 24.4 Å². The van der Waals surface area contributed by atoms with E-state index in [0.717, 1.165) is 6.07 Å². The quantitative estimate of drug-likeness (QED) is 0.560. The average molecular weight is 485 g/mol. The van der Waals surface area contributed by atoms with Crippen molar-refractivity contribution >= 4 is 18.7 Å². The van der Waals surface area contributed by atoms with E-state index in [2.05, 4.69) is 0 Å². The Morgan fingerprint density at radius 1 is 1.09 bits per heavy atom. The molecule has 0 saturated carbocycles. The molecule has 10 heteroatoms. The van der Waals surface area contributed by atoms with Crippen LogP contribution in [0.2, 0.25) is 0 Å². The van der Waals surface area contributed by atoms with Gasteiger partial charge in [0.2, 0.25) is 0 Å². The Hall–Kier alpha value is -1.94. The third-order valence-electron chi connectivity index (χ3n) is 6.58. The third kappa shape index (κ3) is 6.19. The predicted octanol–water partition coefficient (Wildman–Crippen LogP) is 5.03. The number of benzene rings is 1. The van der Waals surface area contributed by atoms with Crippen LogP contribution in [0.3, 0.4) is 0 Å². The van der Waals surface area contributed by atoms with E-state index >= 15 is 0 Å². The van der Waals surface area contributed by atoms with E-state index in [1.807, 2.05) is 48.5 Å². The minimum Gasteiger partial charge on any atom is -0.493 e. The Morgan fingerprint density at radius 3 is 2.15 bits per heavy atom. The number of alkyl halides is 3. The lowest BCUT2D eigenvalue weighted by Crippen LogP contribution is -2.42. The lowest BCUT2D eigenvalue weighted by atomic mass is 9.78. The molecule has 0 aromatic heterocycles. The number of ether oxygens (including phenoxy) is 2. The largest absolute Gasteiger partial charge is 0.494 e. The fourth-order valence-corrected chi connectivity index (χ4v) is 3.84. The molecule has 0 atom stereocenters. The number of rotatable bonds is 4. The SMILES string of the molecule is CC(C)(C)OC(=O)N1CCC(COc2ccc(B3OC(C)(C)C(C)(C)O3)cc2C(F)(F)F)CC1. The molecule has 2 aliphatic heterocycles. The molecule has 3 rings (SSSR count). The molecule has 0 N–H and O–H groups in total. The maximum absolute atomic E-state index is 13.8. The molecular weight excluding hydrogens is 450 g/mol. The van der Waals surface area contributed by atoms with Crippen LogP contribution < -0.4 is 10.2 Å². The molecule has 0 unspecified atom stereocenters. The van der Waals surface area contributed by atoms with Crippen molar-refractivity contribution in [1.29, 1.82) is 0 Å². The van der Waals surface area contributed by atoms with Crippen LogP contribution in [0.5, 0.6) is 5.75 Å². The second-order valence-corrected chi connectivity index (χ2v) is 11.1. The van der Waals surface area contributed by atoms with Gasteiger partial charge in [-0.2, -0.15) is 13.2 Å². The lowest BCUT2D eigenvalue weighted by Gasteiger charge is -2.33. The minimum atomic E-state index is -4.59. The highest BCUT2D eigenvalue weighted by Crippen LogP contribution is 2.39. The molecule has 6 nitrogen and oxygen atoms in total. The van der Waals surface area contributed by atoms with Gasteiger partial charge in [0, 0.05) is 13.1 Å². The van der Waals surface area contributed by atoms with E-state index in [1.165, 1.54) is 6.07 Å². The Balaban J connectivity index is 1.64. The van der Waals surface area contributed by atoms with Crippen molar-refractivity contribution in [3.8, 4) is 5.75 Å². The van der Waals surface area contributed by atoms with E-state index in [0.29, 0.717) is 31.4 Å². The van der Waals surface area contributed by atoms with Crippen LogP contribution >= 0.6 is 0 Å². The van der Waals surface area contributed by atoms with Gasteiger partial charge in [0.25, 0.3) is 0 Å². The molecule has 1 aromatic carbocycles. The van der Waals surface area contributed by atoms with Gasteiger partial charge in [-0.05, 0) is 84.8 Å². The number of carbonyl (C=O) groups is 1. The van der Waals surface area contributed by atoms with Crippen LogP contribution in [0.25, 0.3) is 0 Å². The van der Waals surface area contributed by atoms with Crippen molar-refractivity contribution in [1.82, 2.24) is 4.90 Å². The van der Waals surface area contributed by atoms with Crippen molar-refractivity contribution in [3.63, 3.8) is 0 Å². The minimum absolute atomic E-state index is 0.0440. The summed E-state index contributed by atoms with van der Waals surface area (Å²) in [5.74, 6) is -0.176. The topological polar surface area (TPSA) is 57.2 Å².